The summed E-state index contributed by atoms with van der Waals surface area (Å²) in [7, 11) is 3.91. The molecule has 0 aromatic heterocycles. The van der Waals surface area contributed by atoms with E-state index in [1.807, 2.05) is 56.3 Å². The lowest BCUT2D eigenvalue weighted by atomic mass is 10.1. The Morgan fingerprint density at radius 3 is 2.36 bits per heavy atom. The van der Waals surface area contributed by atoms with Crippen molar-refractivity contribution in [3.8, 4) is 0 Å². The minimum Gasteiger partial charge on any atom is -0.354 e. The average Bonchev–Trinajstić information content (AvgIpc) is 2.61. The van der Waals surface area contributed by atoms with Crippen LogP contribution in [0.2, 0.25) is 0 Å². The van der Waals surface area contributed by atoms with Crippen molar-refractivity contribution in [1.29, 1.82) is 0 Å². The van der Waals surface area contributed by atoms with E-state index in [9.17, 15) is 9.18 Å². The second kappa shape index (κ2) is 9.59. The third-order valence-corrected chi connectivity index (χ3v) is 5.31. The summed E-state index contributed by atoms with van der Waals surface area (Å²) in [4.78, 5) is 15.6. The van der Waals surface area contributed by atoms with E-state index in [1.54, 1.807) is 23.9 Å². The number of hydrogen-bond acceptors (Lipinski definition) is 3. The normalized spacial score (nSPS) is 13.5. The Morgan fingerprint density at radius 1 is 1.12 bits per heavy atom. The third kappa shape index (κ3) is 6.18. The van der Waals surface area contributed by atoms with Crippen molar-refractivity contribution in [3.05, 3.63) is 66.0 Å². The zero-order valence-corrected chi connectivity index (χ0v) is 15.7. The predicted molar refractivity (Wildman–Crippen MR) is 102 cm³/mol. The summed E-state index contributed by atoms with van der Waals surface area (Å²) in [5.41, 5.74) is 0.984. The quantitative estimate of drug-likeness (QED) is 0.723. The lowest BCUT2D eigenvalue weighted by Gasteiger charge is -2.25. The van der Waals surface area contributed by atoms with Gasteiger partial charge in [0.1, 0.15) is 5.82 Å². The second-order valence-corrected chi connectivity index (χ2v) is 7.39. The van der Waals surface area contributed by atoms with Crippen LogP contribution in [0.5, 0.6) is 0 Å². The number of likely N-dealkylation sites (N-methyl/N-ethyl adjacent to an activating group) is 1. The fraction of sp³-hybridized carbons (Fsp3) is 0.350. The van der Waals surface area contributed by atoms with Gasteiger partial charge in [0.05, 0.1) is 6.04 Å². The van der Waals surface area contributed by atoms with Gasteiger partial charge < -0.3 is 10.2 Å². The van der Waals surface area contributed by atoms with Crippen LogP contribution in [0.15, 0.2) is 59.5 Å². The lowest BCUT2D eigenvalue weighted by Crippen LogP contribution is -2.37. The molecular weight excluding hydrogens is 335 g/mol. The molecule has 0 fully saturated rings. The molecule has 3 nitrogen and oxygen atoms in total. The van der Waals surface area contributed by atoms with E-state index in [4.69, 9.17) is 0 Å². The molecule has 0 bridgehead atoms. The van der Waals surface area contributed by atoms with E-state index in [2.05, 4.69) is 5.32 Å². The third-order valence-electron chi connectivity index (χ3n) is 4.04. The topological polar surface area (TPSA) is 32.3 Å². The number of carbonyl (C=O) groups is 1. The van der Waals surface area contributed by atoms with Gasteiger partial charge in [-0.1, -0.05) is 37.3 Å². The molecule has 2 unspecified atom stereocenters. The Bertz CT molecular complexity index is 661. The van der Waals surface area contributed by atoms with Crippen molar-refractivity contribution >= 4 is 17.7 Å². The second-order valence-electron chi connectivity index (χ2n) is 6.30. The van der Waals surface area contributed by atoms with Gasteiger partial charge in [-0.3, -0.25) is 4.79 Å². The van der Waals surface area contributed by atoms with Gasteiger partial charge in [0.25, 0.3) is 0 Å². The van der Waals surface area contributed by atoms with Gasteiger partial charge in [0.2, 0.25) is 5.91 Å². The highest BCUT2D eigenvalue weighted by atomic mass is 32.2. The van der Waals surface area contributed by atoms with Crippen molar-refractivity contribution in [2.45, 2.75) is 17.9 Å². The van der Waals surface area contributed by atoms with Crippen LogP contribution in [0.4, 0.5) is 4.39 Å². The van der Waals surface area contributed by atoms with Crippen molar-refractivity contribution in [3.63, 3.8) is 0 Å². The smallest absolute Gasteiger partial charge is 0.223 e. The maximum atomic E-state index is 13.1. The standard InChI is InChI=1S/C20H25FN2OS/c1-15(14-25-18-7-5-4-6-8-18)20(24)22-13-19(23(2)3)16-9-11-17(21)12-10-16/h4-12,15,19H,13-14H2,1-3H3,(H,22,24). The zero-order chi connectivity index (χ0) is 18.2. The van der Waals surface area contributed by atoms with Gasteiger partial charge >= 0.3 is 0 Å². The lowest BCUT2D eigenvalue weighted by molar-refractivity contribution is -0.124. The number of halogens is 1. The van der Waals surface area contributed by atoms with Crippen LogP contribution in [-0.4, -0.2) is 37.2 Å². The summed E-state index contributed by atoms with van der Waals surface area (Å²) in [6, 6.07) is 16.5. The van der Waals surface area contributed by atoms with Crippen LogP contribution in [0.25, 0.3) is 0 Å². The molecule has 5 heteroatoms. The first-order chi connectivity index (χ1) is 12.0. The van der Waals surface area contributed by atoms with E-state index in [0.717, 1.165) is 11.3 Å². The molecule has 0 heterocycles. The molecule has 0 saturated heterocycles. The van der Waals surface area contributed by atoms with E-state index in [-0.39, 0.29) is 23.7 Å². The van der Waals surface area contributed by atoms with Gasteiger partial charge in [-0.2, -0.15) is 0 Å². The molecule has 1 N–H and O–H groups in total. The molecule has 25 heavy (non-hydrogen) atoms. The van der Waals surface area contributed by atoms with Gasteiger partial charge in [0, 0.05) is 23.1 Å². The Morgan fingerprint density at radius 2 is 1.76 bits per heavy atom. The van der Waals surface area contributed by atoms with E-state index in [1.165, 1.54) is 17.0 Å². The minimum atomic E-state index is -0.253. The summed E-state index contributed by atoms with van der Waals surface area (Å²) in [6.45, 7) is 2.44. The number of nitrogens with zero attached hydrogens (tertiary/aromatic N) is 1. The Hall–Kier alpha value is -1.85. The van der Waals surface area contributed by atoms with E-state index in [0.29, 0.717) is 6.54 Å². The molecule has 0 saturated carbocycles. The van der Waals surface area contributed by atoms with Crippen LogP contribution < -0.4 is 5.32 Å². The molecule has 2 rings (SSSR count). The van der Waals surface area contributed by atoms with Gasteiger partial charge in [-0.25, -0.2) is 4.39 Å². The van der Waals surface area contributed by atoms with Crippen LogP contribution in [0.3, 0.4) is 0 Å². The molecule has 0 aliphatic heterocycles. The maximum Gasteiger partial charge on any atom is 0.223 e. The number of thioether (sulfide) groups is 1. The maximum absolute atomic E-state index is 13.1. The first-order valence-corrected chi connectivity index (χ1v) is 9.33. The monoisotopic (exact) mass is 360 g/mol. The molecule has 0 spiro atoms. The summed E-state index contributed by atoms with van der Waals surface area (Å²) in [5.74, 6) is 0.439. The van der Waals surface area contributed by atoms with Crippen molar-refractivity contribution < 1.29 is 9.18 Å². The minimum absolute atomic E-state index is 0.0125. The first kappa shape index (κ1) is 19.5. The highest BCUT2D eigenvalue weighted by molar-refractivity contribution is 7.99. The number of benzene rings is 2. The molecule has 0 aliphatic carbocycles. The van der Waals surface area contributed by atoms with Crippen LogP contribution >= 0.6 is 11.8 Å². The molecule has 0 aliphatic rings. The molecule has 2 aromatic rings. The number of carbonyl (C=O) groups excluding carboxylic acids is 1. The van der Waals surface area contributed by atoms with Crippen LogP contribution in [-0.2, 0) is 4.79 Å². The summed E-state index contributed by atoms with van der Waals surface area (Å²) in [6.07, 6.45) is 0. The Kier molecular flexibility index (Phi) is 7.47. The Balaban J connectivity index is 1.86. The fourth-order valence-electron chi connectivity index (χ4n) is 2.47. The SMILES string of the molecule is CC(CSc1ccccc1)C(=O)NCC(c1ccc(F)cc1)N(C)C. The molecular formula is C20H25FN2OS. The highest BCUT2D eigenvalue weighted by Crippen LogP contribution is 2.21. The summed E-state index contributed by atoms with van der Waals surface area (Å²) < 4.78 is 13.1. The first-order valence-electron chi connectivity index (χ1n) is 8.35. The fourth-order valence-corrected chi connectivity index (χ4v) is 3.41. The zero-order valence-electron chi connectivity index (χ0n) is 14.9. The van der Waals surface area contributed by atoms with Crippen molar-refractivity contribution in [2.24, 2.45) is 5.92 Å². The number of rotatable bonds is 8. The van der Waals surface area contributed by atoms with Gasteiger partial charge in [-0.15, -0.1) is 11.8 Å². The number of amides is 1. The van der Waals surface area contributed by atoms with Crippen molar-refractivity contribution in [2.75, 3.05) is 26.4 Å². The van der Waals surface area contributed by atoms with Crippen molar-refractivity contribution in [1.82, 2.24) is 10.2 Å². The van der Waals surface area contributed by atoms with Gasteiger partial charge in [0.15, 0.2) is 0 Å². The molecule has 1 amide bonds. The summed E-state index contributed by atoms with van der Waals surface area (Å²) >= 11 is 1.68. The van der Waals surface area contributed by atoms with Crippen LogP contribution in [0, 0.1) is 11.7 Å². The van der Waals surface area contributed by atoms with E-state index < -0.39 is 0 Å². The largest absolute Gasteiger partial charge is 0.354 e. The number of nitrogens with one attached hydrogen (secondary N) is 1. The average molecular weight is 360 g/mol. The summed E-state index contributed by atoms with van der Waals surface area (Å²) in [5, 5.41) is 3.03. The Labute approximate surface area is 153 Å². The predicted octanol–water partition coefficient (Wildman–Crippen LogP) is 3.97. The molecule has 2 aromatic carbocycles. The van der Waals surface area contributed by atoms with Gasteiger partial charge in [-0.05, 0) is 43.9 Å². The van der Waals surface area contributed by atoms with E-state index >= 15 is 0 Å². The molecule has 0 radical (unpaired) electrons. The molecule has 2 atom stereocenters. The number of hydrogen-bond donors (Lipinski definition) is 1. The molecule has 134 valence electrons. The highest BCUT2D eigenvalue weighted by Gasteiger charge is 2.18. The van der Waals surface area contributed by atoms with Crippen LogP contribution in [0.1, 0.15) is 18.5 Å².